The van der Waals surface area contributed by atoms with Crippen molar-refractivity contribution in [3.05, 3.63) is 60.9 Å². The lowest BCUT2D eigenvalue weighted by atomic mass is 9.95. The van der Waals surface area contributed by atoms with E-state index in [4.69, 9.17) is 0 Å². The van der Waals surface area contributed by atoms with Gasteiger partial charge in [0.25, 0.3) is 5.82 Å². The molecule has 3 heteroatoms. The van der Waals surface area contributed by atoms with Crippen LogP contribution < -0.4 is 17.0 Å². The predicted molar refractivity (Wildman–Crippen MR) is 85.2 cm³/mol. The second kappa shape index (κ2) is 6.53. The van der Waals surface area contributed by atoms with Gasteiger partial charge in [0.15, 0.2) is 5.52 Å². The molecular weight excluding hydrogens is 292 g/mol. The number of hydrogen-bond donors (Lipinski definition) is 0. The summed E-state index contributed by atoms with van der Waals surface area (Å²) >= 11 is 0. The number of rotatable bonds is 2. The number of pyridine rings is 1. The molecule has 0 atom stereocenters. The van der Waals surface area contributed by atoms with Crippen LogP contribution >= 0.6 is 0 Å². The monoisotopic (exact) mass is 312 g/mol. The molecule has 114 valence electrons. The highest BCUT2D eigenvalue weighted by Crippen LogP contribution is 2.27. The van der Waals surface area contributed by atoms with Gasteiger partial charge in [-0.2, -0.15) is 4.40 Å². The van der Waals surface area contributed by atoms with Crippen molar-refractivity contribution in [1.29, 1.82) is 0 Å². The zero-order valence-corrected chi connectivity index (χ0v) is 13.4. The highest BCUT2D eigenvalue weighted by molar-refractivity contribution is 5.58. The van der Waals surface area contributed by atoms with E-state index in [1.54, 1.807) is 0 Å². The number of halogens is 1. The van der Waals surface area contributed by atoms with E-state index in [9.17, 15) is 0 Å². The molecule has 1 aliphatic rings. The smallest absolute Gasteiger partial charge is 0.294 e. The molecule has 22 heavy (non-hydrogen) atoms. The molecule has 0 saturated heterocycles. The van der Waals surface area contributed by atoms with Crippen molar-refractivity contribution in [2.75, 3.05) is 0 Å². The summed E-state index contributed by atoms with van der Waals surface area (Å²) in [5.41, 5.74) is 2.58. The molecule has 1 aromatic carbocycles. The van der Waals surface area contributed by atoms with Gasteiger partial charge in [0, 0.05) is 0 Å². The van der Waals surface area contributed by atoms with E-state index in [-0.39, 0.29) is 12.4 Å². The molecule has 0 radical (unpaired) electrons. The minimum absolute atomic E-state index is 0. The first-order valence-corrected chi connectivity index (χ1v) is 8.00. The van der Waals surface area contributed by atoms with E-state index >= 15 is 0 Å². The first-order valence-electron chi connectivity index (χ1n) is 8.00. The Morgan fingerprint density at radius 2 is 1.59 bits per heavy atom. The normalized spacial score (nSPS) is 15.6. The van der Waals surface area contributed by atoms with Gasteiger partial charge >= 0.3 is 0 Å². The van der Waals surface area contributed by atoms with Gasteiger partial charge < -0.3 is 12.4 Å². The Morgan fingerprint density at radius 1 is 0.864 bits per heavy atom. The summed E-state index contributed by atoms with van der Waals surface area (Å²) in [5, 5.41) is 0. The first-order chi connectivity index (χ1) is 10.4. The van der Waals surface area contributed by atoms with Gasteiger partial charge in [0.1, 0.15) is 12.2 Å². The van der Waals surface area contributed by atoms with Crippen LogP contribution in [-0.4, -0.2) is 4.40 Å². The Kier molecular flexibility index (Phi) is 4.49. The van der Waals surface area contributed by atoms with Crippen molar-refractivity contribution in [3.63, 3.8) is 0 Å². The van der Waals surface area contributed by atoms with Gasteiger partial charge in [0.2, 0.25) is 0 Å². The molecule has 0 N–H and O–H groups in total. The summed E-state index contributed by atoms with van der Waals surface area (Å²) in [4.78, 5) is 0. The molecule has 1 saturated carbocycles. The Balaban J connectivity index is 0.00000144. The standard InChI is InChI=1S/C19H21N2.ClH/c1-3-9-16(10-4-1)19-20-14-8-7-13-18(20)15-21(19)17-11-5-2-6-12-17;/h1,3-4,7-10,13-15,17H,2,5-6,11-12H2;1H/q+1;/p-1. The summed E-state index contributed by atoms with van der Waals surface area (Å²) in [6.07, 6.45) is 11.2. The number of aromatic nitrogens is 2. The molecule has 2 nitrogen and oxygen atoms in total. The summed E-state index contributed by atoms with van der Waals surface area (Å²) in [6, 6.07) is 17.9. The molecule has 1 fully saturated rings. The Bertz CT molecular complexity index is 742. The van der Waals surface area contributed by atoms with Gasteiger partial charge in [-0.15, -0.1) is 0 Å². The molecule has 0 bridgehead atoms. The van der Waals surface area contributed by atoms with Crippen LogP contribution in [0.3, 0.4) is 0 Å². The maximum atomic E-state index is 2.52. The largest absolute Gasteiger partial charge is 1.00 e. The molecule has 3 aromatic rings. The number of benzene rings is 1. The number of fused-ring (bicyclic) bond motifs is 1. The van der Waals surface area contributed by atoms with E-state index in [0.29, 0.717) is 6.04 Å². The highest BCUT2D eigenvalue weighted by atomic mass is 35.5. The van der Waals surface area contributed by atoms with Crippen LogP contribution in [-0.2, 0) is 0 Å². The van der Waals surface area contributed by atoms with Gasteiger partial charge in [0.05, 0.1) is 11.8 Å². The van der Waals surface area contributed by atoms with E-state index in [1.165, 1.54) is 49.0 Å². The van der Waals surface area contributed by atoms with E-state index < -0.39 is 0 Å². The van der Waals surface area contributed by atoms with Gasteiger partial charge in [-0.05, 0) is 49.9 Å². The van der Waals surface area contributed by atoms with Crippen molar-refractivity contribution < 1.29 is 17.0 Å². The molecular formula is C19H21ClN2. The predicted octanol–water partition coefficient (Wildman–Crippen LogP) is 1.40. The molecule has 1 aliphatic carbocycles. The minimum atomic E-state index is 0. The van der Waals surface area contributed by atoms with E-state index in [0.717, 1.165) is 0 Å². The second-order valence-electron chi connectivity index (χ2n) is 6.01. The van der Waals surface area contributed by atoms with Crippen LogP contribution in [0.2, 0.25) is 0 Å². The lowest BCUT2D eigenvalue weighted by Gasteiger charge is -2.19. The lowest BCUT2D eigenvalue weighted by Crippen LogP contribution is -3.00. The second-order valence-corrected chi connectivity index (χ2v) is 6.01. The number of nitrogens with zero attached hydrogens (tertiary/aromatic N) is 2. The summed E-state index contributed by atoms with van der Waals surface area (Å²) in [6.45, 7) is 0. The molecule has 0 aliphatic heterocycles. The third-order valence-corrected chi connectivity index (χ3v) is 4.64. The molecule has 4 rings (SSSR count). The maximum Gasteiger partial charge on any atom is 0.294 e. The lowest BCUT2D eigenvalue weighted by molar-refractivity contribution is -0.713. The van der Waals surface area contributed by atoms with Crippen LogP contribution in [0, 0.1) is 0 Å². The summed E-state index contributed by atoms with van der Waals surface area (Å²) in [7, 11) is 0. The van der Waals surface area contributed by atoms with Crippen molar-refractivity contribution in [1.82, 2.24) is 4.40 Å². The fourth-order valence-corrected chi connectivity index (χ4v) is 3.60. The third kappa shape index (κ3) is 2.64. The summed E-state index contributed by atoms with van der Waals surface area (Å²) < 4.78 is 4.84. The number of imidazole rings is 1. The zero-order chi connectivity index (χ0) is 14.1. The van der Waals surface area contributed by atoms with E-state index in [1.807, 2.05) is 0 Å². The quantitative estimate of drug-likeness (QED) is 0.632. The van der Waals surface area contributed by atoms with Gasteiger partial charge in [-0.3, -0.25) is 0 Å². The molecule has 0 amide bonds. The SMILES string of the molecule is [Cl-].c1ccc(-c2n3ccccc3c[n+]2C2CCCCC2)cc1. The molecule has 0 spiro atoms. The van der Waals surface area contributed by atoms with Crippen molar-refractivity contribution in [2.24, 2.45) is 0 Å². The van der Waals surface area contributed by atoms with Crippen LogP contribution in [0.1, 0.15) is 38.1 Å². The van der Waals surface area contributed by atoms with Crippen molar-refractivity contribution >= 4 is 5.52 Å². The first kappa shape index (κ1) is 15.1. The van der Waals surface area contributed by atoms with E-state index in [2.05, 4.69) is 69.9 Å². The average molecular weight is 313 g/mol. The molecule has 2 heterocycles. The summed E-state index contributed by atoms with van der Waals surface area (Å²) in [5.74, 6) is 1.32. The van der Waals surface area contributed by atoms with Crippen molar-refractivity contribution in [2.45, 2.75) is 38.1 Å². The topological polar surface area (TPSA) is 8.29 Å². The average Bonchev–Trinajstić information content (AvgIpc) is 2.96. The third-order valence-electron chi connectivity index (χ3n) is 4.64. The van der Waals surface area contributed by atoms with Crippen LogP contribution in [0.15, 0.2) is 60.9 Å². The van der Waals surface area contributed by atoms with Gasteiger partial charge in [-0.25, -0.2) is 4.57 Å². The highest BCUT2D eigenvalue weighted by Gasteiger charge is 2.27. The fourth-order valence-electron chi connectivity index (χ4n) is 3.60. The number of hydrogen-bond acceptors (Lipinski definition) is 0. The molecule has 0 unspecified atom stereocenters. The Morgan fingerprint density at radius 3 is 2.36 bits per heavy atom. The van der Waals surface area contributed by atoms with Crippen molar-refractivity contribution in [3.8, 4) is 11.4 Å². The van der Waals surface area contributed by atoms with Crippen LogP contribution in [0.5, 0.6) is 0 Å². The zero-order valence-electron chi connectivity index (χ0n) is 12.7. The fraction of sp³-hybridized carbons (Fsp3) is 0.316. The Hall–Kier alpha value is -1.80. The maximum absolute atomic E-state index is 2.52. The van der Waals surface area contributed by atoms with Gasteiger partial charge in [-0.1, -0.05) is 30.7 Å². The van der Waals surface area contributed by atoms with Crippen LogP contribution in [0.25, 0.3) is 16.9 Å². The minimum Gasteiger partial charge on any atom is -1.00 e. The molecule has 2 aromatic heterocycles. The Labute approximate surface area is 137 Å². The van der Waals surface area contributed by atoms with Crippen LogP contribution in [0.4, 0.5) is 0 Å².